The van der Waals surface area contributed by atoms with Gasteiger partial charge >= 0.3 is 6.09 Å². The number of hydrogen-bond acceptors (Lipinski definition) is 3. The summed E-state index contributed by atoms with van der Waals surface area (Å²) in [5, 5.41) is 2.88. The number of amides is 1. The van der Waals surface area contributed by atoms with Crippen molar-refractivity contribution in [1.29, 1.82) is 0 Å². The molecule has 112 valence electrons. The highest BCUT2D eigenvalue weighted by atomic mass is 16.6. The third kappa shape index (κ3) is 3.14. The van der Waals surface area contributed by atoms with Crippen LogP contribution in [0.3, 0.4) is 0 Å². The minimum atomic E-state index is -0.482. The molecule has 0 spiro atoms. The third-order valence-corrected chi connectivity index (χ3v) is 3.86. The van der Waals surface area contributed by atoms with Crippen molar-refractivity contribution in [1.82, 2.24) is 14.9 Å². The number of ether oxygens (including phenoxy) is 1. The number of nitrogens with one attached hydrogen (secondary N) is 1. The number of aromatic nitrogens is 2. The molecular formula is C15H25N3O2. The molecule has 0 saturated heterocycles. The van der Waals surface area contributed by atoms with Gasteiger partial charge in [-0.25, -0.2) is 9.78 Å². The van der Waals surface area contributed by atoms with Gasteiger partial charge in [0.15, 0.2) is 0 Å². The van der Waals surface area contributed by atoms with E-state index in [1.807, 2.05) is 40.2 Å². The van der Waals surface area contributed by atoms with Crippen LogP contribution in [0.4, 0.5) is 4.79 Å². The summed E-state index contributed by atoms with van der Waals surface area (Å²) in [6.45, 7) is 9.77. The molecule has 1 aromatic rings. The molecule has 0 radical (unpaired) electrons. The Bertz CT molecular complexity index is 484. The van der Waals surface area contributed by atoms with Gasteiger partial charge in [0.25, 0.3) is 0 Å². The van der Waals surface area contributed by atoms with Crippen LogP contribution in [0.1, 0.15) is 65.6 Å². The number of imidazole rings is 1. The van der Waals surface area contributed by atoms with Crippen LogP contribution in [-0.2, 0) is 10.3 Å². The van der Waals surface area contributed by atoms with E-state index in [-0.39, 0.29) is 11.6 Å². The summed E-state index contributed by atoms with van der Waals surface area (Å²) < 4.78 is 7.49. The molecule has 2 rings (SSSR count). The van der Waals surface area contributed by atoms with Gasteiger partial charge in [0.2, 0.25) is 0 Å². The normalized spacial score (nSPS) is 19.1. The van der Waals surface area contributed by atoms with Crippen LogP contribution in [0.15, 0.2) is 12.5 Å². The number of carbonyl (C=O) groups is 1. The van der Waals surface area contributed by atoms with Crippen LogP contribution >= 0.6 is 0 Å². The molecule has 1 saturated carbocycles. The van der Waals surface area contributed by atoms with E-state index in [0.29, 0.717) is 0 Å². The lowest BCUT2D eigenvalue weighted by molar-refractivity contribution is 0.0502. The van der Waals surface area contributed by atoms with Crippen LogP contribution in [0.5, 0.6) is 0 Å². The number of rotatable bonds is 3. The third-order valence-electron chi connectivity index (χ3n) is 3.86. The number of carbonyl (C=O) groups excluding carboxylic acids is 1. The smallest absolute Gasteiger partial charge is 0.408 e. The Hall–Kier alpha value is -1.52. The lowest BCUT2D eigenvalue weighted by atomic mass is 9.78. The molecule has 0 bridgehead atoms. The minimum absolute atomic E-state index is 0.121. The molecule has 20 heavy (non-hydrogen) atoms. The fraction of sp³-hybridized carbons (Fsp3) is 0.733. The standard InChI is InChI=1S/C15H25N3O2/c1-11(17-13(19)20-14(2,3)4)12-9-16-10-18(12)15(5)7-6-8-15/h9-11H,6-8H2,1-5H3,(H,17,19). The number of nitrogens with zero attached hydrogens (tertiary/aromatic N) is 2. The van der Waals surface area contributed by atoms with Crippen LogP contribution < -0.4 is 5.32 Å². The Balaban J connectivity index is 2.05. The van der Waals surface area contributed by atoms with E-state index >= 15 is 0 Å². The summed E-state index contributed by atoms with van der Waals surface area (Å²) in [6, 6.07) is -0.121. The highest BCUT2D eigenvalue weighted by Gasteiger charge is 2.35. The minimum Gasteiger partial charge on any atom is -0.444 e. The molecule has 1 aromatic heterocycles. The Morgan fingerprint density at radius 1 is 1.50 bits per heavy atom. The molecule has 1 N–H and O–H groups in total. The average Bonchev–Trinajstić information content (AvgIpc) is 2.71. The maximum absolute atomic E-state index is 11.8. The zero-order valence-electron chi connectivity index (χ0n) is 13.1. The average molecular weight is 279 g/mol. The van der Waals surface area contributed by atoms with Gasteiger partial charge in [-0.1, -0.05) is 0 Å². The van der Waals surface area contributed by atoms with Gasteiger partial charge in [-0.05, 0) is 53.9 Å². The van der Waals surface area contributed by atoms with Crippen molar-refractivity contribution in [2.24, 2.45) is 0 Å². The molecule has 1 aliphatic rings. The first-order valence-electron chi connectivity index (χ1n) is 7.23. The molecule has 1 heterocycles. The van der Waals surface area contributed by atoms with Gasteiger partial charge in [0, 0.05) is 5.54 Å². The van der Waals surface area contributed by atoms with E-state index < -0.39 is 11.7 Å². The lowest BCUT2D eigenvalue weighted by Gasteiger charge is -2.41. The van der Waals surface area contributed by atoms with Gasteiger partial charge in [-0.2, -0.15) is 0 Å². The molecule has 1 fully saturated rings. The van der Waals surface area contributed by atoms with Crippen LogP contribution in [0.25, 0.3) is 0 Å². The highest BCUT2D eigenvalue weighted by Crippen LogP contribution is 2.40. The van der Waals surface area contributed by atoms with Crippen LogP contribution in [-0.4, -0.2) is 21.2 Å². The van der Waals surface area contributed by atoms with Crippen molar-refractivity contribution in [3.8, 4) is 0 Å². The quantitative estimate of drug-likeness (QED) is 0.923. The predicted octanol–water partition coefficient (Wildman–Crippen LogP) is 3.37. The first-order chi connectivity index (χ1) is 9.21. The van der Waals surface area contributed by atoms with Gasteiger partial charge < -0.3 is 14.6 Å². The maximum atomic E-state index is 11.8. The lowest BCUT2D eigenvalue weighted by Crippen LogP contribution is -2.40. The van der Waals surface area contributed by atoms with E-state index in [9.17, 15) is 4.79 Å². The molecule has 1 aliphatic carbocycles. The highest BCUT2D eigenvalue weighted by molar-refractivity contribution is 5.68. The van der Waals surface area contributed by atoms with Crippen molar-refractivity contribution in [2.75, 3.05) is 0 Å². The fourth-order valence-corrected chi connectivity index (χ4v) is 2.56. The molecule has 5 nitrogen and oxygen atoms in total. The van der Waals surface area contributed by atoms with Gasteiger partial charge in [-0.15, -0.1) is 0 Å². The van der Waals surface area contributed by atoms with Crippen molar-refractivity contribution in [2.45, 2.75) is 71.1 Å². The Kier molecular flexibility index (Phi) is 3.80. The van der Waals surface area contributed by atoms with Crippen molar-refractivity contribution in [3.05, 3.63) is 18.2 Å². The van der Waals surface area contributed by atoms with E-state index in [4.69, 9.17) is 4.74 Å². The molecule has 1 amide bonds. The summed E-state index contributed by atoms with van der Waals surface area (Å²) in [5.74, 6) is 0. The first-order valence-corrected chi connectivity index (χ1v) is 7.23. The van der Waals surface area contributed by atoms with E-state index in [1.165, 1.54) is 6.42 Å². The van der Waals surface area contributed by atoms with Gasteiger partial charge in [0.05, 0.1) is 24.3 Å². The zero-order valence-corrected chi connectivity index (χ0v) is 13.1. The monoisotopic (exact) mass is 279 g/mol. The topological polar surface area (TPSA) is 56.1 Å². The molecule has 0 aromatic carbocycles. The summed E-state index contributed by atoms with van der Waals surface area (Å²) in [7, 11) is 0. The predicted molar refractivity (Wildman–Crippen MR) is 77.5 cm³/mol. The largest absolute Gasteiger partial charge is 0.444 e. The summed E-state index contributed by atoms with van der Waals surface area (Å²) in [6.07, 6.45) is 6.87. The second-order valence-corrected chi connectivity index (χ2v) is 6.91. The van der Waals surface area contributed by atoms with Crippen molar-refractivity contribution >= 4 is 6.09 Å². The van der Waals surface area contributed by atoms with E-state index in [0.717, 1.165) is 18.5 Å². The van der Waals surface area contributed by atoms with Gasteiger partial charge in [0.1, 0.15) is 5.60 Å². The molecule has 1 unspecified atom stereocenters. The number of alkyl carbamates (subject to hydrolysis) is 1. The Morgan fingerprint density at radius 3 is 2.65 bits per heavy atom. The zero-order chi connectivity index (χ0) is 15.0. The van der Waals surface area contributed by atoms with Crippen molar-refractivity contribution in [3.63, 3.8) is 0 Å². The number of hydrogen-bond donors (Lipinski definition) is 1. The van der Waals surface area contributed by atoms with Crippen LogP contribution in [0, 0.1) is 0 Å². The molecule has 0 aliphatic heterocycles. The van der Waals surface area contributed by atoms with Crippen molar-refractivity contribution < 1.29 is 9.53 Å². The second kappa shape index (κ2) is 5.11. The Labute approximate surface area is 120 Å². The SMILES string of the molecule is CC(NC(=O)OC(C)(C)C)c1cncn1C1(C)CCC1. The maximum Gasteiger partial charge on any atom is 0.408 e. The molecule has 1 atom stereocenters. The summed E-state index contributed by atoms with van der Waals surface area (Å²) >= 11 is 0. The van der Waals surface area contributed by atoms with E-state index in [2.05, 4.69) is 21.8 Å². The summed E-state index contributed by atoms with van der Waals surface area (Å²) in [4.78, 5) is 16.1. The first kappa shape index (κ1) is 14.9. The second-order valence-electron chi connectivity index (χ2n) is 6.91. The Morgan fingerprint density at radius 2 is 2.15 bits per heavy atom. The van der Waals surface area contributed by atoms with Crippen LogP contribution in [0.2, 0.25) is 0 Å². The van der Waals surface area contributed by atoms with Gasteiger partial charge in [-0.3, -0.25) is 0 Å². The fourth-order valence-electron chi connectivity index (χ4n) is 2.56. The molecular weight excluding hydrogens is 254 g/mol. The summed E-state index contributed by atoms with van der Waals surface area (Å²) in [5.41, 5.74) is 0.692. The molecule has 5 heteroatoms. The van der Waals surface area contributed by atoms with E-state index in [1.54, 1.807) is 0 Å².